The summed E-state index contributed by atoms with van der Waals surface area (Å²) in [6.45, 7) is 2.10. The predicted molar refractivity (Wildman–Crippen MR) is 57.4 cm³/mol. The molecule has 1 atom stereocenters. The normalized spacial score (nSPS) is 12.8. The summed E-state index contributed by atoms with van der Waals surface area (Å²) in [5.74, 6) is -1.12. The Morgan fingerprint density at radius 3 is 2.27 bits per heavy atom. The van der Waals surface area contributed by atoms with Gasteiger partial charge in [-0.05, 0) is 24.1 Å². The number of unbranched alkanes of at least 4 members (excludes halogenated alkanes) is 2. The van der Waals surface area contributed by atoms with Crippen LogP contribution < -0.4 is 5.73 Å². The van der Waals surface area contributed by atoms with Gasteiger partial charge in [0.1, 0.15) is 11.6 Å². The first-order chi connectivity index (χ1) is 7.13. The van der Waals surface area contributed by atoms with E-state index in [2.05, 4.69) is 6.92 Å². The monoisotopic (exact) mass is 213 g/mol. The number of benzene rings is 1. The zero-order valence-electron chi connectivity index (χ0n) is 8.97. The van der Waals surface area contributed by atoms with E-state index >= 15 is 0 Å². The Kier molecular flexibility index (Phi) is 4.69. The van der Waals surface area contributed by atoms with E-state index in [-0.39, 0.29) is 6.04 Å². The highest BCUT2D eigenvalue weighted by atomic mass is 19.1. The fraction of sp³-hybridized carbons (Fsp3) is 0.500. The molecule has 0 aliphatic heterocycles. The fourth-order valence-corrected chi connectivity index (χ4v) is 1.57. The first kappa shape index (κ1) is 12.1. The van der Waals surface area contributed by atoms with Gasteiger partial charge in [0.2, 0.25) is 0 Å². The zero-order valence-corrected chi connectivity index (χ0v) is 8.97. The Hall–Kier alpha value is -0.960. The topological polar surface area (TPSA) is 26.0 Å². The molecule has 0 aliphatic rings. The van der Waals surface area contributed by atoms with Crippen molar-refractivity contribution in [1.29, 1.82) is 0 Å². The van der Waals surface area contributed by atoms with E-state index in [9.17, 15) is 8.78 Å². The number of hydrogen-bond acceptors (Lipinski definition) is 1. The molecule has 1 nitrogen and oxygen atoms in total. The molecule has 84 valence electrons. The summed E-state index contributed by atoms with van der Waals surface area (Å²) in [7, 11) is 0. The molecule has 0 saturated carbocycles. The Labute approximate surface area is 89.3 Å². The van der Waals surface area contributed by atoms with Crippen LogP contribution in [-0.2, 0) is 0 Å². The summed E-state index contributed by atoms with van der Waals surface area (Å²) in [5, 5.41) is 0. The molecule has 2 N–H and O–H groups in total. The largest absolute Gasteiger partial charge is 0.324 e. The second kappa shape index (κ2) is 5.81. The van der Waals surface area contributed by atoms with Crippen molar-refractivity contribution in [3.8, 4) is 0 Å². The van der Waals surface area contributed by atoms with Crippen LogP contribution in [0.4, 0.5) is 8.78 Å². The van der Waals surface area contributed by atoms with Gasteiger partial charge in [0, 0.05) is 12.1 Å². The Bertz CT molecular complexity index is 292. The molecule has 0 radical (unpaired) electrons. The maximum Gasteiger partial charge on any atom is 0.126 e. The van der Waals surface area contributed by atoms with Gasteiger partial charge in [0.05, 0.1) is 0 Å². The second-order valence-corrected chi connectivity index (χ2v) is 3.81. The van der Waals surface area contributed by atoms with E-state index in [0.29, 0.717) is 5.56 Å². The van der Waals surface area contributed by atoms with E-state index in [1.807, 2.05) is 0 Å². The zero-order chi connectivity index (χ0) is 11.3. The van der Waals surface area contributed by atoms with Gasteiger partial charge in [0.25, 0.3) is 0 Å². The van der Waals surface area contributed by atoms with Crippen molar-refractivity contribution in [2.24, 2.45) is 5.73 Å². The Balaban J connectivity index is 2.60. The minimum Gasteiger partial charge on any atom is -0.324 e. The van der Waals surface area contributed by atoms with Crippen LogP contribution in [0.25, 0.3) is 0 Å². The van der Waals surface area contributed by atoms with Gasteiger partial charge in [-0.1, -0.05) is 26.2 Å². The quantitative estimate of drug-likeness (QED) is 0.744. The van der Waals surface area contributed by atoms with Crippen LogP contribution in [0.15, 0.2) is 18.2 Å². The lowest BCUT2D eigenvalue weighted by atomic mass is 10.0. The first-order valence-electron chi connectivity index (χ1n) is 5.35. The summed E-state index contributed by atoms with van der Waals surface area (Å²) in [6, 6.07) is 3.21. The molecule has 0 aliphatic carbocycles. The van der Waals surface area contributed by atoms with Crippen molar-refractivity contribution >= 4 is 0 Å². The maximum absolute atomic E-state index is 12.9. The number of nitrogens with two attached hydrogens (primary N) is 1. The standard InChI is InChI=1S/C12H17F2N/c1-2-3-4-5-12(15)9-6-10(13)8-11(14)7-9/h6-8,12H,2-5,15H2,1H3/t12-/m1/s1. The maximum atomic E-state index is 12.9. The summed E-state index contributed by atoms with van der Waals surface area (Å²) in [5.41, 5.74) is 6.39. The molecule has 0 amide bonds. The van der Waals surface area contributed by atoms with E-state index in [0.717, 1.165) is 31.7 Å². The SMILES string of the molecule is CCCCC[C@@H](N)c1cc(F)cc(F)c1. The van der Waals surface area contributed by atoms with E-state index in [1.165, 1.54) is 12.1 Å². The average molecular weight is 213 g/mol. The summed E-state index contributed by atoms with van der Waals surface area (Å²) in [6.07, 6.45) is 3.99. The van der Waals surface area contributed by atoms with Gasteiger partial charge in [-0.3, -0.25) is 0 Å². The van der Waals surface area contributed by atoms with Crippen molar-refractivity contribution in [2.45, 2.75) is 38.6 Å². The molecule has 0 fully saturated rings. The van der Waals surface area contributed by atoms with Crippen molar-refractivity contribution in [3.63, 3.8) is 0 Å². The first-order valence-corrected chi connectivity index (χ1v) is 5.35. The Morgan fingerprint density at radius 2 is 1.73 bits per heavy atom. The third-order valence-electron chi connectivity index (χ3n) is 2.43. The van der Waals surface area contributed by atoms with Crippen LogP contribution in [-0.4, -0.2) is 0 Å². The van der Waals surface area contributed by atoms with Gasteiger partial charge in [-0.15, -0.1) is 0 Å². The summed E-state index contributed by atoms with van der Waals surface area (Å²) >= 11 is 0. The lowest BCUT2D eigenvalue weighted by molar-refractivity contribution is 0.552. The summed E-state index contributed by atoms with van der Waals surface area (Å²) < 4.78 is 25.8. The number of rotatable bonds is 5. The average Bonchev–Trinajstić information content (AvgIpc) is 2.16. The second-order valence-electron chi connectivity index (χ2n) is 3.81. The third-order valence-corrected chi connectivity index (χ3v) is 2.43. The van der Waals surface area contributed by atoms with Crippen LogP contribution in [0.5, 0.6) is 0 Å². The van der Waals surface area contributed by atoms with Crippen LogP contribution >= 0.6 is 0 Å². The van der Waals surface area contributed by atoms with Crippen LogP contribution in [0.2, 0.25) is 0 Å². The molecule has 0 aromatic heterocycles. The number of hydrogen-bond donors (Lipinski definition) is 1. The molecule has 15 heavy (non-hydrogen) atoms. The molecule has 0 spiro atoms. The minimum atomic E-state index is -0.559. The van der Waals surface area contributed by atoms with Crippen LogP contribution in [0.1, 0.15) is 44.2 Å². The number of halogens is 2. The highest BCUT2D eigenvalue weighted by molar-refractivity contribution is 5.20. The van der Waals surface area contributed by atoms with Crippen molar-refractivity contribution < 1.29 is 8.78 Å². The smallest absolute Gasteiger partial charge is 0.126 e. The molecule has 1 aromatic rings. The molecule has 0 unspecified atom stereocenters. The highest BCUT2D eigenvalue weighted by Crippen LogP contribution is 2.19. The lowest BCUT2D eigenvalue weighted by Crippen LogP contribution is -2.10. The van der Waals surface area contributed by atoms with Crippen molar-refractivity contribution in [1.82, 2.24) is 0 Å². The Morgan fingerprint density at radius 1 is 1.13 bits per heavy atom. The van der Waals surface area contributed by atoms with Crippen LogP contribution in [0, 0.1) is 11.6 Å². The lowest BCUT2D eigenvalue weighted by Gasteiger charge is -2.11. The van der Waals surface area contributed by atoms with Gasteiger partial charge in [-0.2, -0.15) is 0 Å². The van der Waals surface area contributed by atoms with Crippen molar-refractivity contribution in [2.75, 3.05) is 0 Å². The molecule has 0 bridgehead atoms. The van der Waals surface area contributed by atoms with Gasteiger partial charge < -0.3 is 5.73 Å². The minimum absolute atomic E-state index is 0.262. The van der Waals surface area contributed by atoms with E-state index < -0.39 is 11.6 Å². The molecule has 1 rings (SSSR count). The van der Waals surface area contributed by atoms with Crippen molar-refractivity contribution in [3.05, 3.63) is 35.4 Å². The molecule has 0 heterocycles. The third kappa shape index (κ3) is 3.96. The summed E-state index contributed by atoms with van der Waals surface area (Å²) in [4.78, 5) is 0. The van der Waals surface area contributed by atoms with Gasteiger partial charge >= 0.3 is 0 Å². The molecule has 0 saturated heterocycles. The highest BCUT2D eigenvalue weighted by Gasteiger charge is 2.08. The molecular weight excluding hydrogens is 196 g/mol. The molecular formula is C12H17F2N. The molecule has 3 heteroatoms. The predicted octanol–water partition coefficient (Wildman–Crippen LogP) is 3.54. The van der Waals surface area contributed by atoms with E-state index in [4.69, 9.17) is 5.73 Å². The van der Waals surface area contributed by atoms with Gasteiger partial charge in [-0.25, -0.2) is 8.78 Å². The molecule has 1 aromatic carbocycles. The fourth-order valence-electron chi connectivity index (χ4n) is 1.57. The van der Waals surface area contributed by atoms with E-state index in [1.54, 1.807) is 0 Å². The van der Waals surface area contributed by atoms with Gasteiger partial charge in [0.15, 0.2) is 0 Å². The van der Waals surface area contributed by atoms with Crippen LogP contribution in [0.3, 0.4) is 0 Å².